The molecule has 0 aromatic carbocycles. The van der Waals surface area contributed by atoms with E-state index in [2.05, 4.69) is 10.3 Å². The lowest BCUT2D eigenvalue weighted by molar-refractivity contribution is -0.145. The van der Waals surface area contributed by atoms with Crippen LogP contribution in [0.3, 0.4) is 0 Å². The Bertz CT molecular complexity index is 716. The van der Waals surface area contributed by atoms with Gasteiger partial charge in [0.1, 0.15) is 6.42 Å². The number of pyridine rings is 1. The monoisotopic (exact) mass is 392 g/mol. The first-order chi connectivity index (χ1) is 13.4. The fourth-order valence-corrected chi connectivity index (χ4v) is 3.31. The Labute approximate surface area is 164 Å². The Morgan fingerprint density at radius 1 is 1.32 bits per heavy atom. The number of piperidine rings is 1. The zero-order valence-electron chi connectivity index (χ0n) is 16.6. The number of likely N-dealkylation sites (tertiary alicyclic amines) is 1. The van der Waals surface area contributed by atoms with Crippen molar-refractivity contribution in [3.63, 3.8) is 0 Å². The molecule has 9 heteroatoms. The number of carbonyl (C=O) groups is 3. The summed E-state index contributed by atoms with van der Waals surface area (Å²) in [5.74, 6) is -0.648. The maximum Gasteiger partial charge on any atom is 0.315 e. The minimum Gasteiger partial charge on any atom is -0.466 e. The summed E-state index contributed by atoms with van der Waals surface area (Å²) in [5.41, 5.74) is 1.03. The van der Waals surface area contributed by atoms with Crippen LogP contribution >= 0.6 is 0 Å². The molecule has 0 unspecified atom stereocenters. The number of aromatic nitrogens is 1. The smallest absolute Gasteiger partial charge is 0.315 e. The van der Waals surface area contributed by atoms with Crippen LogP contribution < -0.4 is 10.2 Å². The van der Waals surface area contributed by atoms with Gasteiger partial charge in [-0.05, 0) is 31.9 Å². The fourth-order valence-electron chi connectivity index (χ4n) is 3.31. The SMILES string of the molecule is CCOC(=O)CC(=O)N(c1nc(CO)ccc1NC)C1CCN(C(C)=O)CC1. The third kappa shape index (κ3) is 5.19. The van der Waals surface area contributed by atoms with Gasteiger partial charge in [-0.2, -0.15) is 0 Å². The van der Waals surface area contributed by atoms with Crippen LogP contribution in [0.15, 0.2) is 12.1 Å². The van der Waals surface area contributed by atoms with Gasteiger partial charge in [-0.25, -0.2) is 4.98 Å². The van der Waals surface area contributed by atoms with Crippen LogP contribution in [-0.4, -0.2) is 65.6 Å². The van der Waals surface area contributed by atoms with Crippen LogP contribution in [0.25, 0.3) is 0 Å². The van der Waals surface area contributed by atoms with E-state index in [1.807, 2.05) is 0 Å². The molecule has 0 aliphatic carbocycles. The van der Waals surface area contributed by atoms with E-state index in [-0.39, 0.29) is 25.2 Å². The van der Waals surface area contributed by atoms with Crippen molar-refractivity contribution in [1.29, 1.82) is 0 Å². The lowest BCUT2D eigenvalue weighted by Crippen LogP contribution is -2.49. The summed E-state index contributed by atoms with van der Waals surface area (Å²) in [7, 11) is 1.71. The zero-order chi connectivity index (χ0) is 20.7. The molecule has 28 heavy (non-hydrogen) atoms. The summed E-state index contributed by atoms with van der Waals surface area (Å²) < 4.78 is 4.92. The van der Waals surface area contributed by atoms with Crippen molar-refractivity contribution in [1.82, 2.24) is 9.88 Å². The fraction of sp³-hybridized carbons (Fsp3) is 0.579. The first kappa shape index (κ1) is 21.6. The predicted octanol–water partition coefficient (Wildman–Crippen LogP) is 0.913. The quantitative estimate of drug-likeness (QED) is 0.524. The molecule has 2 amide bonds. The van der Waals surface area contributed by atoms with Crippen molar-refractivity contribution in [2.45, 2.75) is 45.8 Å². The minimum absolute atomic E-state index is 0.000771. The van der Waals surface area contributed by atoms with Gasteiger partial charge in [0.15, 0.2) is 5.82 Å². The average Bonchev–Trinajstić information content (AvgIpc) is 2.68. The number of aliphatic hydroxyl groups excluding tert-OH is 1. The van der Waals surface area contributed by atoms with Gasteiger partial charge < -0.3 is 20.1 Å². The van der Waals surface area contributed by atoms with Crippen LogP contribution in [0.2, 0.25) is 0 Å². The van der Waals surface area contributed by atoms with E-state index in [9.17, 15) is 19.5 Å². The molecule has 154 valence electrons. The third-order valence-electron chi connectivity index (χ3n) is 4.74. The molecule has 2 N–H and O–H groups in total. The average molecular weight is 392 g/mol. The summed E-state index contributed by atoms with van der Waals surface area (Å²) in [4.78, 5) is 44.2. The number of carbonyl (C=O) groups excluding carboxylic acids is 3. The van der Waals surface area contributed by atoms with Crippen LogP contribution in [0.5, 0.6) is 0 Å². The number of aliphatic hydroxyl groups is 1. The molecular formula is C19H28N4O5. The zero-order valence-corrected chi connectivity index (χ0v) is 16.6. The second-order valence-electron chi connectivity index (χ2n) is 6.56. The molecule has 1 aliphatic rings. The van der Waals surface area contributed by atoms with Crippen LogP contribution in [0, 0.1) is 0 Å². The first-order valence-corrected chi connectivity index (χ1v) is 9.43. The number of amides is 2. The lowest BCUT2D eigenvalue weighted by Gasteiger charge is -2.38. The van der Waals surface area contributed by atoms with Crippen molar-refractivity contribution in [2.75, 3.05) is 37.0 Å². The molecular weight excluding hydrogens is 364 g/mol. The van der Waals surface area contributed by atoms with E-state index < -0.39 is 18.3 Å². The number of esters is 1. The number of rotatable bonds is 7. The van der Waals surface area contributed by atoms with E-state index in [4.69, 9.17) is 4.74 Å². The molecule has 0 atom stereocenters. The van der Waals surface area contributed by atoms with Gasteiger partial charge in [-0.3, -0.25) is 19.3 Å². The van der Waals surface area contributed by atoms with Crippen molar-refractivity contribution in [2.24, 2.45) is 0 Å². The molecule has 1 aliphatic heterocycles. The lowest BCUT2D eigenvalue weighted by atomic mass is 10.0. The van der Waals surface area contributed by atoms with E-state index >= 15 is 0 Å². The van der Waals surface area contributed by atoms with E-state index in [1.165, 1.54) is 11.8 Å². The Kier molecular flexibility index (Phi) is 7.74. The van der Waals surface area contributed by atoms with Gasteiger partial charge in [0.25, 0.3) is 0 Å². The van der Waals surface area contributed by atoms with E-state index in [0.717, 1.165) is 0 Å². The summed E-state index contributed by atoms with van der Waals surface area (Å²) >= 11 is 0. The Morgan fingerprint density at radius 2 is 2.00 bits per heavy atom. The van der Waals surface area contributed by atoms with Gasteiger partial charge in [0.2, 0.25) is 11.8 Å². The Balaban J connectivity index is 2.35. The normalized spacial score (nSPS) is 14.5. The molecule has 0 bridgehead atoms. The summed E-state index contributed by atoms with van der Waals surface area (Å²) in [6.45, 7) is 4.19. The molecule has 1 aromatic rings. The molecule has 1 saturated heterocycles. The highest BCUT2D eigenvalue weighted by Crippen LogP contribution is 2.30. The van der Waals surface area contributed by atoms with E-state index in [0.29, 0.717) is 43.1 Å². The summed E-state index contributed by atoms with van der Waals surface area (Å²) in [5, 5.41) is 12.5. The molecule has 0 spiro atoms. The molecule has 0 radical (unpaired) electrons. The largest absolute Gasteiger partial charge is 0.466 e. The molecule has 0 saturated carbocycles. The number of ether oxygens (including phenoxy) is 1. The minimum atomic E-state index is -0.594. The highest BCUT2D eigenvalue weighted by molar-refractivity contribution is 6.04. The molecule has 1 fully saturated rings. The number of hydrogen-bond acceptors (Lipinski definition) is 7. The maximum absolute atomic E-state index is 13.0. The van der Waals surface area contributed by atoms with Crippen molar-refractivity contribution in [3.8, 4) is 0 Å². The number of hydrogen-bond donors (Lipinski definition) is 2. The van der Waals surface area contributed by atoms with Crippen LogP contribution in [0.4, 0.5) is 11.5 Å². The van der Waals surface area contributed by atoms with Crippen molar-refractivity contribution < 1.29 is 24.2 Å². The second kappa shape index (κ2) is 10.0. The Morgan fingerprint density at radius 3 is 2.54 bits per heavy atom. The van der Waals surface area contributed by atoms with Crippen molar-refractivity contribution >= 4 is 29.3 Å². The Hall–Kier alpha value is -2.68. The number of anilines is 2. The molecule has 9 nitrogen and oxygen atoms in total. The van der Waals surface area contributed by atoms with Gasteiger partial charge >= 0.3 is 5.97 Å². The molecule has 2 rings (SSSR count). The van der Waals surface area contributed by atoms with E-state index in [1.54, 1.807) is 31.0 Å². The summed E-state index contributed by atoms with van der Waals surface area (Å²) in [6, 6.07) is 3.19. The van der Waals surface area contributed by atoms with Crippen molar-refractivity contribution in [3.05, 3.63) is 17.8 Å². The predicted molar refractivity (Wildman–Crippen MR) is 104 cm³/mol. The van der Waals surface area contributed by atoms with Gasteiger partial charge in [-0.15, -0.1) is 0 Å². The first-order valence-electron chi connectivity index (χ1n) is 9.43. The second-order valence-corrected chi connectivity index (χ2v) is 6.56. The van der Waals surface area contributed by atoms with Crippen LogP contribution in [0.1, 0.15) is 38.8 Å². The number of nitrogens with one attached hydrogen (secondary N) is 1. The highest BCUT2D eigenvalue weighted by Gasteiger charge is 2.33. The third-order valence-corrected chi connectivity index (χ3v) is 4.74. The summed E-state index contributed by atoms with van der Waals surface area (Å²) in [6.07, 6.45) is 0.750. The topological polar surface area (TPSA) is 112 Å². The highest BCUT2D eigenvalue weighted by atomic mass is 16.5. The van der Waals surface area contributed by atoms with Gasteiger partial charge in [0, 0.05) is 33.1 Å². The molecule has 2 heterocycles. The standard InChI is InChI=1S/C19H28N4O5/c1-4-28-18(27)11-17(26)23(15-7-9-22(10-8-15)13(2)25)19-16(20-3)6-5-14(12-24)21-19/h5-6,15,20,24H,4,7-12H2,1-3H3. The van der Waals surface area contributed by atoms with Gasteiger partial charge in [0.05, 0.1) is 24.6 Å². The van der Waals surface area contributed by atoms with Gasteiger partial charge in [-0.1, -0.05) is 0 Å². The molecule has 1 aromatic heterocycles. The maximum atomic E-state index is 13.0. The van der Waals surface area contributed by atoms with Crippen LogP contribution in [-0.2, 0) is 25.7 Å². The number of nitrogens with zero attached hydrogens (tertiary/aromatic N) is 3.